The van der Waals surface area contributed by atoms with Gasteiger partial charge in [-0.05, 0) is 32.2 Å². The molecular weight excluding hydrogens is 413 g/mol. The van der Waals surface area contributed by atoms with E-state index >= 15 is 0 Å². The zero-order valence-corrected chi connectivity index (χ0v) is 16.9. The highest BCUT2D eigenvalue weighted by Crippen LogP contribution is 2.34. The van der Waals surface area contributed by atoms with Crippen LogP contribution in [0.15, 0.2) is 30.5 Å². The molecule has 1 amide bonds. The van der Waals surface area contributed by atoms with Crippen LogP contribution < -0.4 is 10.6 Å². The Morgan fingerprint density at radius 1 is 1.31 bits per heavy atom. The molecule has 0 fully saturated rings. The normalized spacial score (nSPS) is 12.1. The molecule has 7 nitrogen and oxygen atoms in total. The summed E-state index contributed by atoms with van der Waals surface area (Å²) in [5.41, 5.74) is -1.56. The molecule has 0 bridgehead atoms. The van der Waals surface area contributed by atoms with Crippen molar-refractivity contribution >= 4 is 30.0 Å². The number of nitrogens with zero attached hydrogens (tertiary/aromatic N) is 2. The van der Waals surface area contributed by atoms with Crippen LogP contribution >= 0.6 is 12.4 Å². The van der Waals surface area contributed by atoms with Gasteiger partial charge in [0.15, 0.2) is 5.69 Å². The van der Waals surface area contributed by atoms with Crippen molar-refractivity contribution in [1.82, 2.24) is 15.1 Å². The molecule has 11 heteroatoms. The number of carbonyl (C=O) groups is 2. The summed E-state index contributed by atoms with van der Waals surface area (Å²) in [4.78, 5) is 24.0. The molecule has 1 unspecified atom stereocenters. The zero-order chi connectivity index (χ0) is 20.9. The number of ether oxygens (including phenoxy) is 1. The average molecular weight is 435 g/mol. The van der Waals surface area contributed by atoms with Gasteiger partial charge in [0.25, 0.3) is 0 Å². The number of carbonyl (C=O) groups excluding carboxylic acids is 2. The smallest absolute Gasteiger partial charge is 0.434 e. The third-order valence-corrected chi connectivity index (χ3v) is 3.85. The predicted molar refractivity (Wildman–Crippen MR) is 103 cm³/mol. The molecule has 1 atom stereocenters. The number of rotatable bonds is 7. The third kappa shape index (κ3) is 5.94. The zero-order valence-electron chi connectivity index (χ0n) is 16.0. The van der Waals surface area contributed by atoms with Crippen LogP contribution in [-0.4, -0.2) is 41.9 Å². The number of benzene rings is 1. The van der Waals surface area contributed by atoms with Crippen LogP contribution in [0.5, 0.6) is 0 Å². The highest BCUT2D eigenvalue weighted by atomic mass is 35.5. The fraction of sp³-hybridized carbons (Fsp3) is 0.389. The van der Waals surface area contributed by atoms with Crippen LogP contribution in [0.2, 0.25) is 0 Å². The predicted octanol–water partition coefficient (Wildman–Crippen LogP) is 3.28. The quantitative estimate of drug-likeness (QED) is 0.653. The van der Waals surface area contributed by atoms with Crippen molar-refractivity contribution in [2.75, 3.05) is 25.5 Å². The number of nitrogens with one attached hydrogen (secondary N) is 2. The van der Waals surface area contributed by atoms with E-state index in [-0.39, 0.29) is 36.5 Å². The van der Waals surface area contributed by atoms with Crippen LogP contribution in [0.25, 0.3) is 5.69 Å². The molecule has 2 N–H and O–H groups in total. The van der Waals surface area contributed by atoms with Gasteiger partial charge in [0.1, 0.15) is 5.56 Å². The number of halogens is 4. The van der Waals surface area contributed by atoms with Crippen LogP contribution in [0, 0.1) is 5.92 Å². The van der Waals surface area contributed by atoms with Crippen LogP contribution in [-0.2, 0) is 15.7 Å². The number of hydrogen-bond donors (Lipinski definition) is 2. The van der Waals surface area contributed by atoms with Gasteiger partial charge in [-0.15, -0.1) is 12.4 Å². The lowest BCUT2D eigenvalue weighted by atomic mass is 10.1. The van der Waals surface area contributed by atoms with Crippen LogP contribution in [0.4, 0.5) is 18.9 Å². The minimum atomic E-state index is -4.83. The first-order chi connectivity index (χ1) is 13.2. The molecule has 0 saturated heterocycles. The second-order valence-electron chi connectivity index (χ2n) is 6.04. The second kappa shape index (κ2) is 10.3. The van der Waals surface area contributed by atoms with Gasteiger partial charge in [-0.2, -0.15) is 18.3 Å². The number of esters is 1. The first-order valence-electron chi connectivity index (χ1n) is 8.57. The van der Waals surface area contributed by atoms with Gasteiger partial charge in [0, 0.05) is 18.2 Å². The van der Waals surface area contributed by atoms with Crippen LogP contribution in [0.1, 0.15) is 29.9 Å². The molecule has 0 aliphatic carbocycles. The van der Waals surface area contributed by atoms with Crippen molar-refractivity contribution in [2.24, 2.45) is 5.92 Å². The van der Waals surface area contributed by atoms with E-state index in [0.717, 1.165) is 6.20 Å². The molecular formula is C18H22ClF3N4O3. The first-order valence-corrected chi connectivity index (χ1v) is 8.57. The van der Waals surface area contributed by atoms with E-state index in [1.54, 1.807) is 20.0 Å². The first kappa shape index (κ1) is 24.4. The van der Waals surface area contributed by atoms with E-state index in [9.17, 15) is 22.8 Å². The highest BCUT2D eigenvalue weighted by Gasteiger charge is 2.41. The maximum absolute atomic E-state index is 13.6. The van der Waals surface area contributed by atoms with E-state index in [1.165, 1.54) is 25.1 Å². The molecule has 0 saturated carbocycles. The summed E-state index contributed by atoms with van der Waals surface area (Å²) in [5, 5.41) is 9.24. The number of aromatic nitrogens is 2. The maximum atomic E-state index is 13.6. The molecule has 0 spiro atoms. The maximum Gasteiger partial charge on any atom is 0.434 e. The molecule has 29 heavy (non-hydrogen) atoms. The minimum absolute atomic E-state index is 0. The highest BCUT2D eigenvalue weighted by molar-refractivity contribution is 5.93. The molecule has 0 aliphatic rings. The Hall–Kier alpha value is -2.59. The van der Waals surface area contributed by atoms with E-state index < -0.39 is 23.4 Å². The monoisotopic (exact) mass is 434 g/mol. The minimum Gasteiger partial charge on any atom is -0.462 e. The summed E-state index contributed by atoms with van der Waals surface area (Å²) in [7, 11) is 1.71. The molecule has 1 aromatic carbocycles. The van der Waals surface area contributed by atoms with Gasteiger partial charge in [-0.1, -0.05) is 13.0 Å². The standard InChI is InChI=1S/C18H21F3N4O3.ClH/c1-4-28-17(27)14-10-23-25(15(14)18(19,20)21)13-7-5-6-12(8-13)24-16(26)11(2)9-22-3;/h5-8,10-11,22H,4,9H2,1-3H3,(H,24,26);1H. The van der Waals surface area contributed by atoms with Gasteiger partial charge in [-0.3, -0.25) is 4.79 Å². The summed E-state index contributed by atoms with van der Waals surface area (Å²) in [6.07, 6.45) is -4.01. The number of hydrogen-bond acceptors (Lipinski definition) is 5. The Balaban J connectivity index is 0.00000420. The van der Waals surface area contributed by atoms with E-state index in [0.29, 0.717) is 16.9 Å². The van der Waals surface area contributed by atoms with Crippen molar-refractivity contribution in [3.8, 4) is 5.69 Å². The number of amides is 1. The number of anilines is 1. The van der Waals surface area contributed by atoms with E-state index in [1.807, 2.05) is 0 Å². The molecule has 0 radical (unpaired) electrons. The summed E-state index contributed by atoms with van der Waals surface area (Å²) in [6.45, 7) is 3.60. The van der Waals surface area contributed by atoms with Crippen molar-refractivity contribution < 1.29 is 27.5 Å². The molecule has 2 aromatic rings. The lowest BCUT2D eigenvalue weighted by Crippen LogP contribution is -2.28. The summed E-state index contributed by atoms with van der Waals surface area (Å²) < 4.78 is 46.0. The third-order valence-electron chi connectivity index (χ3n) is 3.85. The lowest BCUT2D eigenvalue weighted by molar-refractivity contribution is -0.143. The second-order valence-corrected chi connectivity index (χ2v) is 6.04. The van der Waals surface area contributed by atoms with Gasteiger partial charge in [-0.25, -0.2) is 9.48 Å². The van der Waals surface area contributed by atoms with E-state index in [4.69, 9.17) is 0 Å². The fourth-order valence-electron chi connectivity index (χ4n) is 2.55. The van der Waals surface area contributed by atoms with Crippen molar-refractivity contribution in [3.05, 3.63) is 41.7 Å². The topological polar surface area (TPSA) is 85.2 Å². The molecule has 1 aromatic heterocycles. The molecule has 1 heterocycles. The van der Waals surface area contributed by atoms with E-state index in [2.05, 4.69) is 20.5 Å². The van der Waals surface area contributed by atoms with Crippen molar-refractivity contribution in [1.29, 1.82) is 0 Å². The Morgan fingerprint density at radius 3 is 2.59 bits per heavy atom. The summed E-state index contributed by atoms with van der Waals surface area (Å²) in [5.74, 6) is -1.72. The average Bonchev–Trinajstić information content (AvgIpc) is 3.08. The Bertz CT molecular complexity index is 855. The molecule has 2 rings (SSSR count). The van der Waals surface area contributed by atoms with Crippen molar-refractivity contribution in [3.63, 3.8) is 0 Å². The van der Waals surface area contributed by atoms with Gasteiger partial charge in [0.2, 0.25) is 5.91 Å². The largest absolute Gasteiger partial charge is 0.462 e. The SMILES string of the molecule is CCOC(=O)c1cnn(-c2cccc(NC(=O)C(C)CNC)c2)c1C(F)(F)F.Cl. The molecule has 0 aliphatic heterocycles. The number of alkyl halides is 3. The summed E-state index contributed by atoms with van der Waals surface area (Å²) in [6, 6.07) is 5.78. The van der Waals surface area contributed by atoms with Crippen LogP contribution in [0.3, 0.4) is 0 Å². The van der Waals surface area contributed by atoms with Gasteiger partial charge >= 0.3 is 12.1 Å². The lowest BCUT2D eigenvalue weighted by Gasteiger charge is -2.14. The summed E-state index contributed by atoms with van der Waals surface area (Å²) >= 11 is 0. The fourth-order valence-corrected chi connectivity index (χ4v) is 2.55. The molecule has 160 valence electrons. The Labute approximate surface area is 172 Å². The van der Waals surface area contributed by atoms with Gasteiger partial charge in [0.05, 0.1) is 18.5 Å². The Morgan fingerprint density at radius 2 is 2.00 bits per heavy atom. The van der Waals surface area contributed by atoms with Crippen molar-refractivity contribution in [2.45, 2.75) is 20.0 Å². The van der Waals surface area contributed by atoms with Gasteiger partial charge < -0.3 is 15.4 Å². The Kier molecular flexibility index (Phi) is 8.65.